The minimum absolute atomic E-state index is 0.196. The lowest BCUT2D eigenvalue weighted by molar-refractivity contribution is -0.139. The van der Waals surface area contributed by atoms with Gasteiger partial charge < -0.3 is 15.7 Å². The van der Waals surface area contributed by atoms with Crippen molar-refractivity contribution in [1.29, 1.82) is 0 Å². The van der Waals surface area contributed by atoms with Crippen LogP contribution in [0.15, 0.2) is 60.9 Å². The molecule has 2 unspecified atom stereocenters. The number of carboxylic acid groups (broad SMARTS) is 1. The molecular formula is C26H27F3N4O3. The van der Waals surface area contributed by atoms with E-state index >= 15 is 0 Å². The molecule has 36 heavy (non-hydrogen) atoms. The van der Waals surface area contributed by atoms with E-state index in [-0.39, 0.29) is 11.6 Å². The number of aromatic nitrogens is 2. The zero-order valence-corrected chi connectivity index (χ0v) is 20.0. The van der Waals surface area contributed by atoms with E-state index in [0.29, 0.717) is 28.6 Å². The predicted molar refractivity (Wildman–Crippen MR) is 129 cm³/mol. The number of anilines is 1. The maximum Gasteiger partial charge on any atom is 0.416 e. The molecule has 0 aliphatic heterocycles. The number of nitrogens with one attached hydrogen (secondary N) is 2. The topological polar surface area (TPSA) is 104 Å². The van der Waals surface area contributed by atoms with Crippen LogP contribution in [0.4, 0.5) is 18.9 Å². The molecule has 2 aromatic heterocycles. The number of halogens is 3. The van der Waals surface area contributed by atoms with Crippen molar-refractivity contribution in [2.45, 2.75) is 45.5 Å². The number of hydrogen-bond acceptors (Lipinski definition) is 5. The lowest BCUT2D eigenvalue weighted by Crippen LogP contribution is -2.38. The number of nitrogens with zero attached hydrogens (tertiary/aromatic N) is 2. The minimum atomic E-state index is -4.39. The van der Waals surface area contributed by atoms with E-state index in [1.165, 1.54) is 25.3 Å². The molecule has 10 heteroatoms. The number of carbonyl (C=O) groups is 2. The van der Waals surface area contributed by atoms with Crippen LogP contribution in [0.25, 0.3) is 11.3 Å². The molecule has 3 N–H and O–H groups in total. The molecule has 0 saturated carbocycles. The Bertz CT molecular complexity index is 1180. The van der Waals surface area contributed by atoms with Gasteiger partial charge in [0.1, 0.15) is 6.04 Å². The van der Waals surface area contributed by atoms with Gasteiger partial charge >= 0.3 is 12.1 Å². The number of pyridine rings is 2. The van der Waals surface area contributed by atoms with Crippen molar-refractivity contribution >= 4 is 17.6 Å². The Morgan fingerprint density at radius 2 is 1.64 bits per heavy atom. The van der Waals surface area contributed by atoms with Gasteiger partial charge in [-0.15, -0.1) is 0 Å². The molecule has 0 fully saturated rings. The first-order valence-corrected chi connectivity index (χ1v) is 11.3. The molecule has 0 spiro atoms. The monoisotopic (exact) mass is 500 g/mol. The molecule has 1 aromatic carbocycles. The van der Waals surface area contributed by atoms with Gasteiger partial charge in [-0.05, 0) is 55.7 Å². The number of amides is 1. The van der Waals surface area contributed by atoms with Gasteiger partial charge in [0.05, 0.1) is 40.4 Å². The SMILES string of the molecule is CC(C)CC(Nc1ccc(-c2ccc(C(F)(F)F)cc2)nc1)c1ccc(C(=O)NC(C)C(=O)O)cn1. The van der Waals surface area contributed by atoms with Crippen LogP contribution in [0.2, 0.25) is 0 Å². The molecule has 3 aromatic rings. The first kappa shape index (κ1) is 26.7. The number of rotatable bonds is 9. The Hall–Kier alpha value is -3.95. The molecule has 2 heterocycles. The van der Waals surface area contributed by atoms with Crippen LogP contribution in [-0.2, 0) is 11.0 Å². The van der Waals surface area contributed by atoms with Crippen LogP contribution in [0.3, 0.4) is 0 Å². The van der Waals surface area contributed by atoms with Crippen LogP contribution in [0, 0.1) is 5.92 Å². The summed E-state index contributed by atoms with van der Waals surface area (Å²) < 4.78 is 38.4. The Labute approximate surface area is 206 Å². The highest BCUT2D eigenvalue weighted by atomic mass is 19.4. The average molecular weight is 501 g/mol. The summed E-state index contributed by atoms with van der Waals surface area (Å²) in [7, 11) is 0. The zero-order chi connectivity index (χ0) is 26.5. The Morgan fingerprint density at radius 1 is 0.944 bits per heavy atom. The zero-order valence-electron chi connectivity index (χ0n) is 20.0. The van der Waals surface area contributed by atoms with Crippen LogP contribution in [0.1, 0.15) is 54.8 Å². The molecule has 0 aliphatic rings. The van der Waals surface area contributed by atoms with E-state index in [1.807, 2.05) is 0 Å². The summed E-state index contributed by atoms with van der Waals surface area (Å²) in [4.78, 5) is 32.0. The van der Waals surface area contributed by atoms with E-state index < -0.39 is 29.7 Å². The molecule has 0 saturated heterocycles. The summed E-state index contributed by atoms with van der Waals surface area (Å²) in [6, 6.07) is 10.4. The second-order valence-electron chi connectivity index (χ2n) is 8.84. The van der Waals surface area contributed by atoms with Gasteiger partial charge in [-0.3, -0.25) is 19.6 Å². The summed E-state index contributed by atoms with van der Waals surface area (Å²) in [6.45, 7) is 5.51. The highest BCUT2D eigenvalue weighted by molar-refractivity contribution is 5.96. The number of alkyl halides is 3. The van der Waals surface area contributed by atoms with Crippen molar-refractivity contribution in [2.75, 3.05) is 5.32 Å². The maximum atomic E-state index is 12.8. The third kappa shape index (κ3) is 7.03. The van der Waals surface area contributed by atoms with Crippen molar-refractivity contribution in [1.82, 2.24) is 15.3 Å². The number of hydrogen-bond donors (Lipinski definition) is 3. The number of benzene rings is 1. The summed E-state index contributed by atoms with van der Waals surface area (Å²) in [5, 5.41) is 14.7. The minimum Gasteiger partial charge on any atom is -0.480 e. The van der Waals surface area contributed by atoms with Crippen molar-refractivity contribution in [2.24, 2.45) is 5.92 Å². The third-order valence-corrected chi connectivity index (χ3v) is 5.44. The molecule has 0 bridgehead atoms. The van der Waals surface area contributed by atoms with E-state index in [4.69, 9.17) is 5.11 Å². The largest absolute Gasteiger partial charge is 0.480 e. The van der Waals surface area contributed by atoms with Crippen molar-refractivity contribution < 1.29 is 27.9 Å². The van der Waals surface area contributed by atoms with Gasteiger partial charge in [0.25, 0.3) is 5.91 Å². The second-order valence-corrected chi connectivity index (χ2v) is 8.84. The van der Waals surface area contributed by atoms with Gasteiger partial charge in [-0.1, -0.05) is 26.0 Å². The van der Waals surface area contributed by atoms with E-state index in [1.54, 1.807) is 30.5 Å². The Balaban J connectivity index is 1.73. The number of carboxylic acids is 1. The first-order valence-electron chi connectivity index (χ1n) is 11.3. The molecule has 1 amide bonds. The lowest BCUT2D eigenvalue weighted by Gasteiger charge is -2.21. The predicted octanol–water partition coefficient (Wildman–Crippen LogP) is 5.56. The van der Waals surface area contributed by atoms with Crippen molar-refractivity contribution in [3.8, 4) is 11.3 Å². The van der Waals surface area contributed by atoms with Crippen LogP contribution in [0.5, 0.6) is 0 Å². The molecular weight excluding hydrogens is 473 g/mol. The first-order chi connectivity index (χ1) is 16.9. The second kappa shape index (κ2) is 11.2. The number of carbonyl (C=O) groups excluding carboxylic acids is 1. The van der Waals surface area contributed by atoms with Crippen LogP contribution >= 0.6 is 0 Å². The smallest absolute Gasteiger partial charge is 0.416 e. The van der Waals surface area contributed by atoms with Gasteiger partial charge in [0, 0.05) is 11.8 Å². The normalized spacial score (nSPS) is 13.2. The van der Waals surface area contributed by atoms with Crippen molar-refractivity contribution in [3.05, 3.63) is 77.7 Å². The van der Waals surface area contributed by atoms with E-state index in [2.05, 4.69) is 34.4 Å². The summed E-state index contributed by atoms with van der Waals surface area (Å²) in [6.07, 6.45) is -0.650. The molecule has 3 rings (SSSR count). The summed E-state index contributed by atoms with van der Waals surface area (Å²) in [5.41, 5.74) is 2.04. The van der Waals surface area contributed by atoms with Crippen LogP contribution < -0.4 is 10.6 Å². The van der Waals surface area contributed by atoms with Gasteiger partial charge in [0.15, 0.2) is 0 Å². The van der Waals surface area contributed by atoms with E-state index in [0.717, 1.165) is 18.6 Å². The number of aliphatic carboxylic acids is 1. The quantitative estimate of drug-likeness (QED) is 0.355. The summed E-state index contributed by atoms with van der Waals surface area (Å²) >= 11 is 0. The fourth-order valence-corrected chi connectivity index (χ4v) is 3.49. The van der Waals surface area contributed by atoms with Gasteiger partial charge in [-0.2, -0.15) is 13.2 Å². The summed E-state index contributed by atoms with van der Waals surface area (Å²) in [5.74, 6) is -1.34. The van der Waals surface area contributed by atoms with Gasteiger partial charge in [-0.25, -0.2) is 0 Å². The average Bonchev–Trinajstić information content (AvgIpc) is 2.83. The van der Waals surface area contributed by atoms with Gasteiger partial charge in [0.2, 0.25) is 0 Å². The molecule has 0 radical (unpaired) electrons. The van der Waals surface area contributed by atoms with E-state index in [9.17, 15) is 22.8 Å². The molecule has 2 atom stereocenters. The molecule has 0 aliphatic carbocycles. The standard InChI is InChI=1S/C26H27F3N4O3/c1-15(2)12-23(22-10-6-18(13-30-22)24(34)32-16(3)25(35)36)33-20-9-11-21(31-14-20)17-4-7-19(8-5-17)26(27,28)29/h4-11,13-16,23,33H,12H2,1-3H3,(H,32,34)(H,35,36). The highest BCUT2D eigenvalue weighted by Crippen LogP contribution is 2.31. The highest BCUT2D eigenvalue weighted by Gasteiger charge is 2.30. The maximum absolute atomic E-state index is 12.8. The lowest BCUT2D eigenvalue weighted by atomic mass is 10.00. The molecule has 7 nitrogen and oxygen atoms in total. The van der Waals surface area contributed by atoms with Crippen molar-refractivity contribution in [3.63, 3.8) is 0 Å². The molecule has 190 valence electrons. The Morgan fingerprint density at radius 3 is 2.14 bits per heavy atom. The fraction of sp³-hybridized carbons (Fsp3) is 0.308. The fourth-order valence-electron chi connectivity index (χ4n) is 3.49. The third-order valence-electron chi connectivity index (χ3n) is 5.44. The van der Waals surface area contributed by atoms with Crippen LogP contribution in [-0.4, -0.2) is 33.0 Å². The Kier molecular flexibility index (Phi) is 8.29.